The van der Waals surface area contributed by atoms with Gasteiger partial charge < -0.3 is 10.3 Å². The highest BCUT2D eigenvalue weighted by Crippen LogP contribution is 2.35. The smallest absolute Gasteiger partial charge is 0.221 e. The van der Waals surface area contributed by atoms with Crippen molar-refractivity contribution in [3.05, 3.63) is 73.1 Å². The Balaban J connectivity index is 1.55. The first kappa shape index (κ1) is 19.2. The van der Waals surface area contributed by atoms with Crippen molar-refractivity contribution in [2.45, 2.75) is 6.92 Å². The van der Waals surface area contributed by atoms with Gasteiger partial charge in [-0.3, -0.25) is 14.5 Å². The van der Waals surface area contributed by atoms with Gasteiger partial charge in [-0.25, -0.2) is 4.98 Å². The predicted octanol–water partition coefficient (Wildman–Crippen LogP) is 5.29. The van der Waals surface area contributed by atoms with Crippen LogP contribution in [0.1, 0.15) is 6.92 Å². The van der Waals surface area contributed by atoms with Gasteiger partial charge >= 0.3 is 0 Å². The van der Waals surface area contributed by atoms with Crippen molar-refractivity contribution in [3.63, 3.8) is 0 Å². The highest BCUT2D eigenvalue weighted by Gasteiger charge is 2.16. The zero-order valence-corrected chi connectivity index (χ0v) is 18.1. The second-order valence-corrected chi connectivity index (χ2v) is 8.08. The van der Waals surface area contributed by atoms with E-state index in [9.17, 15) is 4.79 Å². The highest BCUT2D eigenvalue weighted by atomic mass is 16.1. The van der Waals surface area contributed by atoms with Crippen LogP contribution in [0, 0.1) is 0 Å². The molecule has 0 spiro atoms. The first-order chi connectivity index (χ1) is 16.1. The Bertz CT molecular complexity index is 1660. The molecule has 0 atom stereocenters. The Kier molecular flexibility index (Phi) is 4.23. The van der Waals surface area contributed by atoms with Gasteiger partial charge in [0.2, 0.25) is 5.91 Å². The number of amides is 1. The molecule has 0 saturated heterocycles. The molecule has 0 unspecified atom stereocenters. The molecule has 3 heterocycles. The summed E-state index contributed by atoms with van der Waals surface area (Å²) in [7, 11) is 1.94. The molecule has 0 fully saturated rings. The third kappa shape index (κ3) is 3.13. The van der Waals surface area contributed by atoms with Gasteiger partial charge in [-0.05, 0) is 41.3 Å². The van der Waals surface area contributed by atoms with Gasteiger partial charge in [-0.2, -0.15) is 5.10 Å². The van der Waals surface area contributed by atoms with Crippen molar-refractivity contribution in [3.8, 4) is 22.6 Å². The lowest BCUT2D eigenvalue weighted by Gasteiger charge is -2.11. The molecule has 0 aliphatic rings. The summed E-state index contributed by atoms with van der Waals surface area (Å²) in [6.07, 6.45) is 3.64. The molecule has 2 N–H and O–H groups in total. The molecule has 1 amide bonds. The van der Waals surface area contributed by atoms with Crippen molar-refractivity contribution >= 4 is 44.3 Å². The van der Waals surface area contributed by atoms with Gasteiger partial charge in [0, 0.05) is 42.7 Å². The number of aryl methyl sites for hydroxylation is 1. The number of para-hydroxylation sites is 2. The van der Waals surface area contributed by atoms with Crippen molar-refractivity contribution < 1.29 is 4.79 Å². The van der Waals surface area contributed by atoms with E-state index >= 15 is 0 Å². The number of nitrogens with zero attached hydrogens (tertiary/aromatic N) is 4. The summed E-state index contributed by atoms with van der Waals surface area (Å²) in [6, 6.07) is 20.1. The number of hydrogen-bond acceptors (Lipinski definition) is 4. The first-order valence-corrected chi connectivity index (χ1v) is 10.6. The number of pyridine rings is 1. The number of anilines is 1. The lowest BCUT2D eigenvalue weighted by atomic mass is 9.98. The van der Waals surface area contributed by atoms with Crippen molar-refractivity contribution in [2.75, 3.05) is 5.32 Å². The summed E-state index contributed by atoms with van der Waals surface area (Å²) < 4.78 is 1.87. The Labute approximate surface area is 189 Å². The summed E-state index contributed by atoms with van der Waals surface area (Å²) in [5.74, 6) is 0.628. The van der Waals surface area contributed by atoms with Crippen LogP contribution in [-0.4, -0.2) is 30.6 Å². The van der Waals surface area contributed by atoms with E-state index in [1.165, 1.54) is 6.92 Å². The van der Waals surface area contributed by atoms with Crippen molar-refractivity contribution in [2.24, 2.45) is 7.05 Å². The van der Waals surface area contributed by atoms with Crippen LogP contribution in [0.4, 0.5) is 5.69 Å². The number of carbonyl (C=O) groups excluding carboxylic acids is 1. The number of aromatic nitrogens is 5. The van der Waals surface area contributed by atoms with Crippen LogP contribution in [0.2, 0.25) is 0 Å². The van der Waals surface area contributed by atoms with E-state index in [1.807, 2.05) is 60.4 Å². The minimum absolute atomic E-state index is 0.111. The Hall–Kier alpha value is -4.52. The normalized spacial score (nSPS) is 11.5. The van der Waals surface area contributed by atoms with Gasteiger partial charge in [0.25, 0.3) is 0 Å². The predicted molar refractivity (Wildman–Crippen MR) is 131 cm³/mol. The number of nitrogens with one attached hydrogen (secondary N) is 2. The molecule has 0 aliphatic carbocycles. The number of aromatic amines is 1. The average Bonchev–Trinajstić information content (AvgIpc) is 3.39. The molecule has 6 aromatic rings. The van der Waals surface area contributed by atoms with E-state index in [1.54, 1.807) is 6.20 Å². The van der Waals surface area contributed by atoms with Crippen LogP contribution in [0.3, 0.4) is 0 Å². The fourth-order valence-corrected chi connectivity index (χ4v) is 4.40. The molecule has 0 aliphatic heterocycles. The molecule has 3 aromatic carbocycles. The minimum Gasteiger partial charge on any atom is -0.337 e. The SMILES string of the molecule is CC(=O)Nc1cccc2c(-c3ccc4c(c3)c(-c3nc5ccccc5[nH]3)nn4C)cncc12. The number of benzene rings is 3. The van der Waals surface area contributed by atoms with Gasteiger partial charge in [0.05, 0.1) is 22.2 Å². The van der Waals surface area contributed by atoms with Gasteiger partial charge in [0.15, 0.2) is 5.82 Å². The van der Waals surface area contributed by atoms with E-state index < -0.39 is 0 Å². The minimum atomic E-state index is -0.111. The maximum atomic E-state index is 11.6. The summed E-state index contributed by atoms with van der Waals surface area (Å²) in [4.78, 5) is 24.3. The van der Waals surface area contributed by atoms with Crippen molar-refractivity contribution in [1.82, 2.24) is 24.7 Å². The largest absolute Gasteiger partial charge is 0.337 e. The van der Waals surface area contributed by atoms with Crippen LogP contribution in [0.5, 0.6) is 0 Å². The van der Waals surface area contributed by atoms with Crippen LogP contribution < -0.4 is 5.32 Å². The molecule has 33 heavy (non-hydrogen) atoms. The molecule has 0 bridgehead atoms. The van der Waals surface area contributed by atoms with E-state index in [2.05, 4.69) is 33.5 Å². The second-order valence-electron chi connectivity index (χ2n) is 8.08. The summed E-state index contributed by atoms with van der Waals surface area (Å²) in [5.41, 5.74) is 6.46. The fourth-order valence-electron chi connectivity index (χ4n) is 4.40. The van der Waals surface area contributed by atoms with E-state index in [0.717, 1.165) is 61.0 Å². The molecule has 0 radical (unpaired) electrons. The zero-order chi connectivity index (χ0) is 22.5. The molecule has 0 saturated carbocycles. The average molecular weight is 432 g/mol. The number of imidazole rings is 1. The third-order valence-electron chi connectivity index (χ3n) is 5.89. The lowest BCUT2D eigenvalue weighted by Crippen LogP contribution is -2.06. The zero-order valence-electron chi connectivity index (χ0n) is 18.1. The number of carbonyl (C=O) groups is 1. The Morgan fingerprint density at radius 3 is 2.70 bits per heavy atom. The molecular formula is C26H20N6O. The van der Waals surface area contributed by atoms with Gasteiger partial charge in [-0.1, -0.05) is 30.3 Å². The molecular weight excluding hydrogens is 412 g/mol. The standard InChI is InChI=1S/C26H20N6O/c1-15(33)28-21-9-5-6-17-19(13-27-14-20(17)21)16-10-11-24-18(12-16)25(31-32(24)2)26-29-22-7-3-4-8-23(22)30-26/h3-14H,1-2H3,(H,28,33)(H,29,30). The van der Waals surface area contributed by atoms with Gasteiger partial charge in [-0.15, -0.1) is 0 Å². The van der Waals surface area contributed by atoms with Crippen LogP contribution in [-0.2, 0) is 11.8 Å². The lowest BCUT2D eigenvalue weighted by molar-refractivity contribution is -0.114. The monoisotopic (exact) mass is 432 g/mol. The number of H-pyrrole nitrogens is 1. The first-order valence-electron chi connectivity index (χ1n) is 10.6. The Morgan fingerprint density at radius 2 is 1.85 bits per heavy atom. The Morgan fingerprint density at radius 1 is 0.970 bits per heavy atom. The van der Waals surface area contributed by atoms with Gasteiger partial charge in [0.1, 0.15) is 5.69 Å². The fraction of sp³-hybridized carbons (Fsp3) is 0.0769. The second kappa shape index (κ2) is 7.27. The summed E-state index contributed by atoms with van der Waals surface area (Å²) >= 11 is 0. The van der Waals surface area contributed by atoms with E-state index in [4.69, 9.17) is 10.1 Å². The molecule has 6 rings (SSSR count). The van der Waals surface area contributed by atoms with E-state index in [0.29, 0.717) is 0 Å². The summed E-state index contributed by atoms with van der Waals surface area (Å²) in [6.45, 7) is 1.51. The molecule has 7 nitrogen and oxygen atoms in total. The maximum absolute atomic E-state index is 11.6. The van der Waals surface area contributed by atoms with E-state index in [-0.39, 0.29) is 5.91 Å². The van der Waals surface area contributed by atoms with Crippen LogP contribution in [0.25, 0.3) is 55.4 Å². The number of hydrogen-bond donors (Lipinski definition) is 2. The van der Waals surface area contributed by atoms with Crippen LogP contribution >= 0.6 is 0 Å². The number of fused-ring (bicyclic) bond motifs is 3. The topological polar surface area (TPSA) is 88.5 Å². The highest BCUT2D eigenvalue weighted by molar-refractivity contribution is 6.07. The third-order valence-corrected chi connectivity index (χ3v) is 5.89. The molecule has 7 heteroatoms. The number of rotatable bonds is 3. The van der Waals surface area contributed by atoms with Crippen LogP contribution in [0.15, 0.2) is 73.1 Å². The van der Waals surface area contributed by atoms with Crippen molar-refractivity contribution in [1.29, 1.82) is 0 Å². The quantitative estimate of drug-likeness (QED) is 0.398. The molecule has 160 valence electrons. The summed E-state index contributed by atoms with van der Waals surface area (Å²) in [5, 5.41) is 10.6. The maximum Gasteiger partial charge on any atom is 0.221 e. The molecule has 3 aromatic heterocycles.